The number of nitrogens with zero attached hydrogens (tertiary/aromatic N) is 2. The molecular weight excluding hydrogens is 232 g/mol. The number of hydrogen-bond acceptors (Lipinski definition) is 5. The molecule has 2 fully saturated rings. The van der Waals surface area contributed by atoms with Crippen molar-refractivity contribution in [3.63, 3.8) is 0 Å². The average molecular weight is 250 g/mol. The number of piperidine rings is 1. The SMILES string of the molecule is CC1CCCNC1c1nc(C(=O)NC2CC2)no1. The van der Waals surface area contributed by atoms with Crippen LogP contribution < -0.4 is 10.6 Å². The molecule has 98 valence electrons. The minimum absolute atomic E-state index is 0.0775. The molecule has 1 aromatic heterocycles. The van der Waals surface area contributed by atoms with Crippen molar-refractivity contribution in [3.05, 3.63) is 11.7 Å². The number of carbonyl (C=O) groups excluding carboxylic acids is 1. The minimum Gasteiger partial charge on any atom is -0.346 e. The molecule has 0 spiro atoms. The van der Waals surface area contributed by atoms with Gasteiger partial charge < -0.3 is 15.2 Å². The molecule has 1 saturated heterocycles. The Morgan fingerprint density at radius 2 is 2.28 bits per heavy atom. The van der Waals surface area contributed by atoms with E-state index < -0.39 is 0 Å². The van der Waals surface area contributed by atoms with E-state index in [2.05, 4.69) is 27.7 Å². The fourth-order valence-corrected chi connectivity index (χ4v) is 2.31. The van der Waals surface area contributed by atoms with Crippen molar-refractivity contribution in [1.29, 1.82) is 0 Å². The lowest BCUT2D eigenvalue weighted by Gasteiger charge is -2.26. The number of amides is 1. The molecule has 1 aliphatic heterocycles. The lowest BCUT2D eigenvalue weighted by Crippen LogP contribution is -2.33. The Kier molecular flexibility index (Phi) is 3.03. The second-order valence-electron chi connectivity index (χ2n) is 5.26. The molecular formula is C12H18N4O2. The first kappa shape index (κ1) is 11.6. The minimum atomic E-state index is -0.226. The predicted molar refractivity (Wildman–Crippen MR) is 63.9 cm³/mol. The van der Waals surface area contributed by atoms with Crippen LogP contribution in [0.25, 0.3) is 0 Å². The maximum Gasteiger partial charge on any atom is 0.292 e. The smallest absolute Gasteiger partial charge is 0.292 e. The Hall–Kier alpha value is -1.43. The Morgan fingerprint density at radius 1 is 1.44 bits per heavy atom. The van der Waals surface area contributed by atoms with Gasteiger partial charge in [-0.15, -0.1) is 0 Å². The van der Waals surface area contributed by atoms with Crippen molar-refractivity contribution in [2.75, 3.05) is 6.54 Å². The molecule has 2 atom stereocenters. The van der Waals surface area contributed by atoms with Crippen molar-refractivity contribution >= 4 is 5.91 Å². The highest BCUT2D eigenvalue weighted by Gasteiger charge is 2.30. The third-order valence-electron chi connectivity index (χ3n) is 3.59. The molecule has 3 rings (SSSR count). The fraction of sp³-hybridized carbons (Fsp3) is 0.750. The van der Waals surface area contributed by atoms with Crippen LogP contribution in [0.2, 0.25) is 0 Å². The van der Waals surface area contributed by atoms with Gasteiger partial charge in [0.1, 0.15) is 0 Å². The highest BCUT2D eigenvalue weighted by atomic mass is 16.5. The molecule has 2 heterocycles. The van der Waals surface area contributed by atoms with E-state index in [0.717, 1.165) is 25.8 Å². The second kappa shape index (κ2) is 4.68. The summed E-state index contributed by atoms with van der Waals surface area (Å²) in [6, 6.07) is 0.389. The quantitative estimate of drug-likeness (QED) is 0.837. The van der Waals surface area contributed by atoms with Crippen LogP contribution in [0.4, 0.5) is 0 Å². The Bertz CT molecular complexity index is 441. The van der Waals surface area contributed by atoms with E-state index in [4.69, 9.17) is 4.52 Å². The van der Waals surface area contributed by atoms with Gasteiger partial charge >= 0.3 is 0 Å². The largest absolute Gasteiger partial charge is 0.346 e. The van der Waals surface area contributed by atoms with Crippen LogP contribution in [0.5, 0.6) is 0 Å². The van der Waals surface area contributed by atoms with Crippen LogP contribution in [0, 0.1) is 5.92 Å². The zero-order chi connectivity index (χ0) is 12.5. The number of aromatic nitrogens is 2. The second-order valence-corrected chi connectivity index (χ2v) is 5.26. The summed E-state index contributed by atoms with van der Waals surface area (Å²) in [6.45, 7) is 3.12. The predicted octanol–water partition coefficient (Wildman–Crippen LogP) is 1.02. The van der Waals surface area contributed by atoms with Crippen molar-refractivity contribution in [2.24, 2.45) is 5.92 Å². The third-order valence-corrected chi connectivity index (χ3v) is 3.59. The summed E-state index contributed by atoms with van der Waals surface area (Å²) in [4.78, 5) is 16.0. The molecule has 1 aromatic rings. The lowest BCUT2D eigenvalue weighted by molar-refractivity contribution is 0.0937. The summed E-state index contributed by atoms with van der Waals surface area (Å²) in [5.74, 6) is 0.911. The van der Waals surface area contributed by atoms with Crippen LogP contribution in [0.15, 0.2) is 4.52 Å². The van der Waals surface area contributed by atoms with Crippen molar-refractivity contribution < 1.29 is 9.32 Å². The van der Waals surface area contributed by atoms with Gasteiger partial charge in [-0.1, -0.05) is 12.1 Å². The molecule has 1 aliphatic carbocycles. The summed E-state index contributed by atoms with van der Waals surface area (Å²) < 4.78 is 5.21. The number of rotatable bonds is 3. The molecule has 0 bridgehead atoms. The summed E-state index contributed by atoms with van der Waals surface area (Å²) in [7, 11) is 0. The molecule has 2 aliphatic rings. The topological polar surface area (TPSA) is 80.0 Å². The van der Waals surface area contributed by atoms with E-state index in [1.807, 2.05) is 0 Å². The summed E-state index contributed by atoms with van der Waals surface area (Å²) in [6.07, 6.45) is 4.42. The van der Waals surface area contributed by atoms with Crippen molar-refractivity contribution in [1.82, 2.24) is 20.8 Å². The van der Waals surface area contributed by atoms with E-state index in [1.54, 1.807) is 0 Å². The van der Waals surface area contributed by atoms with E-state index in [1.165, 1.54) is 6.42 Å². The molecule has 6 nitrogen and oxygen atoms in total. The van der Waals surface area contributed by atoms with Gasteiger partial charge in [-0.25, -0.2) is 0 Å². The first-order valence-corrected chi connectivity index (χ1v) is 6.62. The first-order chi connectivity index (χ1) is 8.74. The van der Waals surface area contributed by atoms with Gasteiger partial charge in [-0.2, -0.15) is 4.98 Å². The van der Waals surface area contributed by atoms with Gasteiger partial charge in [0.25, 0.3) is 11.7 Å². The number of nitrogens with one attached hydrogen (secondary N) is 2. The standard InChI is InChI=1S/C12H18N4O2/c1-7-3-2-6-13-9(7)12-15-10(16-18-12)11(17)14-8-4-5-8/h7-9,13H,2-6H2,1H3,(H,14,17). The van der Waals surface area contributed by atoms with Gasteiger partial charge in [-0.05, 0) is 38.1 Å². The van der Waals surface area contributed by atoms with E-state index >= 15 is 0 Å². The van der Waals surface area contributed by atoms with Crippen molar-refractivity contribution in [2.45, 2.75) is 44.7 Å². The van der Waals surface area contributed by atoms with Gasteiger partial charge in [0.15, 0.2) is 0 Å². The number of carbonyl (C=O) groups is 1. The molecule has 2 N–H and O–H groups in total. The zero-order valence-corrected chi connectivity index (χ0v) is 10.5. The van der Waals surface area contributed by atoms with E-state index in [9.17, 15) is 4.79 Å². The third kappa shape index (κ3) is 2.38. The molecule has 1 saturated carbocycles. The summed E-state index contributed by atoms with van der Waals surface area (Å²) >= 11 is 0. The fourth-order valence-electron chi connectivity index (χ4n) is 2.31. The van der Waals surface area contributed by atoms with Gasteiger partial charge in [0.05, 0.1) is 6.04 Å². The monoisotopic (exact) mass is 250 g/mol. The highest BCUT2D eigenvalue weighted by Crippen LogP contribution is 2.27. The van der Waals surface area contributed by atoms with Gasteiger partial charge in [0, 0.05) is 6.04 Å². The molecule has 1 amide bonds. The Balaban J connectivity index is 1.69. The Labute approximate surface area is 106 Å². The molecule has 18 heavy (non-hydrogen) atoms. The van der Waals surface area contributed by atoms with Gasteiger partial charge in [0.2, 0.25) is 5.89 Å². The van der Waals surface area contributed by atoms with Crippen LogP contribution in [0.1, 0.15) is 55.2 Å². The van der Waals surface area contributed by atoms with E-state index in [-0.39, 0.29) is 17.8 Å². The van der Waals surface area contributed by atoms with Crippen molar-refractivity contribution in [3.8, 4) is 0 Å². The normalized spacial score (nSPS) is 28.1. The number of hydrogen-bond donors (Lipinski definition) is 2. The zero-order valence-electron chi connectivity index (χ0n) is 10.5. The summed E-state index contributed by atoms with van der Waals surface area (Å²) in [5, 5.41) is 9.98. The Morgan fingerprint density at radius 3 is 3.00 bits per heavy atom. The van der Waals surface area contributed by atoms with Crippen LogP contribution in [0.3, 0.4) is 0 Å². The molecule has 6 heteroatoms. The van der Waals surface area contributed by atoms with Crippen LogP contribution in [-0.4, -0.2) is 28.6 Å². The molecule has 0 aromatic carbocycles. The van der Waals surface area contributed by atoms with Crippen LogP contribution >= 0.6 is 0 Å². The highest BCUT2D eigenvalue weighted by molar-refractivity contribution is 5.90. The molecule has 0 radical (unpaired) electrons. The van der Waals surface area contributed by atoms with Crippen LogP contribution in [-0.2, 0) is 0 Å². The first-order valence-electron chi connectivity index (χ1n) is 6.62. The van der Waals surface area contributed by atoms with E-state index in [0.29, 0.717) is 17.9 Å². The average Bonchev–Trinajstić information content (AvgIpc) is 3.04. The maximum atomic E-state index is 11.8. The van der Waals surface area contributed by atoms with Gasteiger partial charge in [-0.3, -0.25) is 4.79 Å². The molecule has 2 unspecified atom stereocenters. The lowest BCUT2D eigenvalue weighted by atomic mass is 9.93. The summed E-state index contributed by atoms with van der Waals surface area (Å²) in [5.41, 5.74) is 0. The maximum absolute atomic E-state index is 11.8.